The number of nitrogens with one attached hydrogen (secondary N) is 2. The molecule has 1 atom stereocenters. The van der Waals surface area contributed by atoms with Crippen molar-refractivity contribution in [2.45, 2.75) is 25.5 Å². The minimum absolute atomic E-state index is 0.0325. The highest BCUT2D eigenvalue weighted by atomic mass is 35.5. The van der Waals surface area contributed by atoms with E-state index in [1.54, 1.807) is 6.07 Å². The molecule has 0 aromatic heterocycles. The molecule has 0 saturated carbocycles. The Morgan fingerprint density at radius 2 is 2.32 bits per heavy atom. The predicted octanol–water partition coefficient (Wildman–Crippen LogP) is 2.13. The lowest BCUT2D eigenvalue weighted by Gasteiger charge is -2.09. The van der Waals surface area contributed by atoms with Crippen molar-refractivity contribution in [2.24, 2.45) is 0 Å². The molecule has 0 spiro atoms. The summed E-state index contributed by atoms with van der Waals surface area (Å²) in [6, 6.07) is 9.14. The first-order chi connectivity index (χ1) is 10.7. The highest BCUT2D eigenvalue weighted by Crippen LogP contribution is 2.14. The lowest BCUT2D eigenvalue weighted by molar-refractivity contribution is -0.117. The van der Waals surface area contributed by atoms with Crippen LogP contribution in [0.15, 0.2) is 36.0 Å². The van der Waals surface area contributed by atoms with Crippen LogP contribution in [0.2, 0.25) is 5.02 Å². The first-order valence-electron chi connectivity index (χ1n) is 7.17. The maximum atomic E-state index is 12.0. The van der Waals surface area contributed by atoms with Crippen molar-refractivity contribution in [3.05, 3.63) is 46.6 Å². The third-order valence-corrected chi connectivity index (χ3v) is 3.75. The summed E-state index contributed by atoms with van der Waals surface area (Å²) in [5.41, 5.74) is 0.840. The highest BCUT2D eigenvalue weighted by Gasteiger charge is 2.15. The molecule has 2 rings (SSSR count). The molecule has 1 amide bonds. The smallest absolute Gasteiger partial charge is 0.263 e. The van der Waals surface area contributed by atoms with Gasteiger partial charge in [-0.2, -0.15) is 5.26 Å². The largest absolute Gasteiger partial charge is 0.387 e. The quantitative estimate of drug-likeness (QED) is 0.622. The third-order valence-electron chi connectivity index (χ3n) is 3.38. The number of benzene rings is 1. The van der Waals surface area contributed by atoms with E-state index in [-0.39, 0.29) is 18.2 Å². The second-order valence-corrected chi connectivity index (χ2v) is 5.39. The van der Waals surface area contributed by atoms with Gasteiger partial charge in [0.05, 0.1) is 6.10 Å². The molecule has 1 aliphatic heterocycles. The van der Waals surface area contributed by atoms with Crippen LogP contribution in [-0.4, -0.2) is 25.2 Å². The number of hydrogen-bond acceptors (Lipinski definition) is 4. The zero-order valence-electron chi connectivity index (χ0n) is 12.1. The van der Waals surface area contributed by atoms with Gasteiger partial charge in [-0.05, 0) is 24.5 Å². The van der Waals surface area contributed by atoms with Crippen LogP contribution in [0, 0.1) is 11.3 Å². The third kappa shape index (κ3) is 4.76. The molecule has 1 aliphatic rings. The summed E-state index contributed by atoms with van der Waals surface area (Å²) in [6.07, 6.45) is 3.65. The number of ether oxygens (including phenoxy) is 1. The van der Waals surface area contributed by atoms with Crippen molar-refractivity contribution in [2.75, 3.05) is 13.2 Å². The van der Waals surface area contributed by atoms with Crippen LogP contribution in [0.3, 0.4) is 0 Å². The fourth-order valence-electron chi connectivity index (χ4n) is 2.16. The second-order valence-electron chi connectivity index (χ2n) is 4.99. The van der Waals surface area contributed by atoms with Crippen molar-refractivity contribution in [3.8, 4) is 6.07 Å². The van der Waals surface area contributed by atoms with E-state index < -0.39 is 5.91 Å². The molecule has 1 aromatic rings. The standard InChI is InChI=1S/C16H18ClN3O2/c17-15-6-2-1-4-12(15)10-20-16(21)13(8-18)9-19-11-14-5-3-7-22-14/h1-2,4,6,9,14,19H,3,5,7,10-11H2,(H,20,21)/b13-9-. The van der Waals surface area contributed by atoms with E-state index in [1.807, 2.05) is 24.3 Å². The van der Waals surface area contributed by atoms with Gasteiger partial charge in [-0.25, -0.2) is 0 Å². The number of hydrogen-bond donors (Lipinski definition) is 2. The Bertz CT molecular complexity index is 589. The minimum atomic E-state index is -0.428. The van der Waals surface area contributed by atoms with Crippen LogP contribution in [-0.2, 0) is 16.1 Å². The van der Waals surface area contributed by atoms with Gasteiger partial charge in [-0.3, -0.25) is 4.79 Å². The monoisotopic (exact) mass is 319 g/mol. The molecule has 0 aliphatic carbocycles. The van der Waals surface area contributed by atoms with Gasteiger partial charge >= 0.3 is 0 Å². The van der Waals surface area contributed by atoms with E-state index in [1.165, 1.54) is 6.20 Å². The zero-order chi connectivity index (χ0) is 15.8. The van der Waals surface area contributed by atoms with Gasteiger partial charge in [0.1, 0.15) is 11.6 Å². The summed E-state index contributed by atoms with van der Waals surface area (Å²) in [5, 5.41) is 15.3. The molecule has 1 fully saturated rings. The molecule has 6 heteroatoms. The van der Waals surface area contributed by atoms with Gasteiger partial charge in [0.2, 0.25) is 0 Å². The lowest BCUT2D eigenvalue weighted by Crippen LogP contribution is -2.27. The summed E-state index contributed by atoms with van der Waals surface area (Å²) in [4.78, 5) is 12.0. The number of halogens is 1. The van der Waals surface area contributed by atoms with Gasteiger partial charge in [0, 0.05) is 30.9 Å². The molecule has 22 heavy (non-hydrogen) atoms. The molecule has 1 aromatic carbocycles. The summed E-state index contributed by atoms with van der Waals surface area (Å²) in [6.45, 7) is 1.66. The highest BCUT2D eigenvalue weighted by molar-refractivity contribution is 6.31. The first kappa shape index (κ1) is 16.3. The van der Waals surface area contributed by atoms with Crippen LogP contribution in [0.1, 0.15) is 18.4 Å². The zero-order valence-corrected chi connectivity index (χ0v) is 12.9. The van der Waals surface area contributed by atoms with E-state index in [0.29, 0.717) is 11.6 Å². The Balaban J connectivity index is 1.83. The van der Waals surface area contributed by atoms with Gasteiger partial charge in [-0.15, -0.1) is 0 Å². The Hall–Kier alpha value is -2.03. The van der Waals surface area contributed by atoms with E-state index in [2.05, 4.69) is 10.6 Å². The molecule has 5 nitrogen and oxygen atoms in total. The Morgan fingerprint density at radius 3 is 3.00 bits per heavy atom. The fourth-order valence-corrected chi connectivity index (χ4v) is 2.36. The maximum Gasteiger partial charge on any atom is 0.263 e. The lowest BCUT2D eigenvalue weighted by atomic mass is 10.2. The molecule has 1 heterocycles. The number of nitriles is 1. The fraction of sp³-hybridized carbons (Fsp3) is 0.375. The Labute approximate surface area is 134 Å². The van der Waals surface area contributed by atoms with Gasteiger partial charge in [0.15, 0.2) is 0 Å². The number of rotatable bonds is 6. The maximum absolute atomic E-state index is 12.0. The topological polar surface area (TPSA) is 74.1 Å². The van der Waals surface area contributed by atoms with Crippen LogP contribution < -0.4 is 10.6 Å². The normalized spacial score (nSPS) is 17.8. The van der Waals surface area contributed by atoms with E-state index in [0.717, 1.165) is 25.0 Å². The number of carbonyl (C=O) groups excluding carboxylic acids is 1. The molecular weight excluding hydrogens is 302 g/mol. The second kappa shape index (κ2) is 8.42. The van der Waals surface area contributed by atoms with E-state index in [9.17, 15) is 4.79 Å². The van der Waals surface area contributed by atoms with E-state index >= 15 is 0 Å². The number of carbonyl (C=O) groups is 1. The molecule has 0 bridgehead atoms. The Kier molecular flexibility index (Phi) is 6.26. The number of amides is 1. The van der Waals surface area contributed by atoms with E-state index in [4.69, 9.17) is 21.6 Å². The van der Waals surface area contributed by atoms with Crippen LogP contribution >= 0.6 is 11.6 Å². The molecule has 0 radical (unpaired) electrons. The minimum Gasteiger partial charge on any atom is -0.387 e. The average Bonchev–Trinajstić information content (AvgIpc) is 3.04. The molecule has 1 saturated heterocycles. The van der Waals surface area contributed by atoms with Gasteiger partial charge in [-0.1, -0.05) is 29.8 Å². The van der Waals surface area contributed by atoms with Crippen molar-refractivity contribution in [3.63, 3.8) is 0 Å². The Morgan fingerprint density at radius 1 is 1.50 bits per heavy atom. The van der Waals surface area contributed by atoms with Crippen LogP contribution in [0.25, 0.3) is 0 Å². The summed E-state index contributed by atoms with van der Waals surface area (Å²) in [5.74, 6) is -0.428. The molecule has 116 valence electrons. The molecular formula is C16H18ClN3O2. The first-order valence-corrected chi connectivity index (χ1v) is 7.55. The van der Waals surface area contributed by atoms with Gasteiger partial charge < -0.3 is 15.4 Å². The van der Waals surface area contributed by atoms with Gasteiger partial charge in [0.25, 0.3) is 5.91 Å². The van der Waals surface area contributed by atoms with Crippen molar-refractivity contribution >= 4 is 17.5 Å². The predicted molar refractivity (Wildman–Crippen MR) is 84.0 cm³/mol. The summed E-state index contributed by atoms with van der Waals surface area (Å²) < 4.78 is 5.46. The molecule has 2 N–H and O–H groups in total. The summed E-state index contributed by atoms with van der Waals surface area (Å²) in [7, 11) is 0. The van der Waals surface area contributed by atoms with Crippen LogP contribution in [0.4, 0.5) is 0 Å². The molecule has 1 unspecified atom stereocenters. The number of nitrogens with zero attached hydrogens (tertiary/aromatic N) is 1. The average molecular weight is 320 g/mol. The van der Waals surface area contributed by atoms with Crippen LogP contribution in [0.5, 0.6) is 0 Å². The SMILES string of the molecule is N#C/C(=C/NCC1CCCO1)C(=O)NCc1ccccc1Cl. The van der Waals surface area contributed by atoms with Crippen molar-refractivity contribution in [1.29, 1.82) is 5.26 Å². The van der Waals surface area contributed by atoms with Crippen molar-refractivity contribution < 1.29 is 9.53 Å². The summed E-state index contributed by atoms with van der Waals surface area (Å²) >= 11 is 6.02. The van der Waals surface area contributed by atoms with Crippen molar-refractivity contribution in [1.82, 2.24) is 10.6 Å².